The van der Waals surface area contributed by atoms with E-state index in [4.69, 9.17) is 14.9 Å². The molecule has 0 radical (unpaired) electrons. The number of fused-ring (bicyclic) bond motifs is 1. The zero-order valence-corrected chi connectivity index (χ0v) is 23.7. The van der Waals surface area contributed by atoms with Crippen molar-refractivity contribution < 1.29 is 27.9 Å². The number of alkyl halides is 3. The van der Waals surface area contributed by atoms with Gasteiger partial charge in [-0.05, 0) is 92.0 Å². The van der Waals surface area contributed by atoms with Crippen LogP contribution in [-0.4, -0.2) is 81.4 Å². The molecule has 0 bridgehead atoms. The summed E-state index contributed by atoms with van der Waals surface area (Å²) in [6.45, 7) is 9.64. The summed E-state index contributed by atoms with van der Waals surface area (Å²) in [6, 6.07) is 18.0. The highest BCUT2D eigenvalue weighted by Crippen LogP contribution is 2.31. The van der Waals surface area contributed by atoms with Crippen LogP contribution in [0, 0.1) is 20.8 Å². The maximum atomic E-state index is 12.8. The second-order valence-electron chi connectivity index (χ2n) is 10.2. The summed E-state index contributed by atoms with van der Waals surface area (Å²) in [5.41, 5.74) is 8.95. The number of rotatable bonds is 4. The van der Waals surface area contributed by atoms with Gasteiger partial charge in [0.2, 0.25) is 5.95 Å². The highest BCUT2D eigenvalue weighted by molar-refractivity contribution is 5.94. The number of nitrogens with zero attached hydrogens (tertiary/aromatic N) is 5. The van der Waals surface area contributed by atoms with Crippen molar-refractivity contribution in [2.45, 2.75) is 26.9 Å². The molecule has 1 aliphatic heterocycles. The van der Waals surface area contributed by atoms with Crippen LogP contribution < -0.4 is 5.32 Å². The Labute approximate surface area is 241 Å². The lowest BCUT2D eigenvalue weighted by Gasteiger charge is -2.32. The lowest BCUT2D eigenvalue weighted by Crippen LogP contribution is -2.47. The van der Waals surface area contributed by atoms with E-state index in [9.17, 15) is 18.0 Å². The van der Waals surface area contributed by atoms with Crippen LogP contribution >= 0.6 is 0 Å². The minimum absolute atomic E-state index is 0.0728. The topological polar surface area (TPSA) is 112 Å². The molecule has 1 fully saturated rings. The molecule has 1 aliphatic rings. The van der Waals surface area contributed by atoms with Gasteiger partial charge in [-0.3, -0.25) is 4.79 Å². The summed E-state index contributed by atoms with van der Waals surface area (Å²) < 4.78 is 31.7. The van der Waals surface area contributed by atoms with E-state index in [1.807, 2.05) is 29.2 Å². The van der Waals surface area contributed by atoms with Crippen LogP contribution in [-0.2, 0) is 4.79 Å². The summed E-state index contributed by atoms with van der Waals surface area (Å²) in [4.78, 5) is 30.6. The molecule has 9 nitrogen and oxygen atoms in total. The second-order valence-corrected chi connectivity index (χ2v) is 10.2. The van der Waals surface area contributed by atoms with E-state index < -0.39 is 12.1 Å². The summed E-state index contributed by atoms with van der Waals surface area (Å²) in [5, 5.41) is 19.1. The molecule has 0 saturated carbocycles. The number of aryl methyl sites for hydroxylation is 3. The molecule has 2 N–H and O–H groups in total. The van der Waals surface area contributed by atoms with Crippen molar-refractivity contribution in [2.24, 2.45) is 0 Å². The Morgan fingerprint density at radius 1 is 0.881 bits per heavy atom. The first-order valence-corrected chi connectivity index (χ1v) is 13.2. The average Bonchev–Trinajstić information content (AvgIpc) is 2.94. The highest BCUT2D eigenvalue weighted by atomic mass is 19.4. The van der Waals surface area contributed by atoms with Crippen molar-refractivity contribution in [1.29, 1.82) is 0 Å². The SMILES string of the molecule is Cc1cccc(C)c1-c1cc(C)c2nc(Nc3ccc(C(=O)N4CCN(C)CC4)cc3)nnc2c1.O=C(O)C(F)(F)F. The van der Waals surface area contributed by atoms with Gasteiger partial charge in [0.25, 0.3) is 5.91 Å². The van der Waals surface area contributed by atoms with Crippen LogP contribution in [0.15, 0.2) is 54.6 Å². The summed E-state index contributed by atoms with van der Waals surface area (Å²) in [7, 11) is 2.08. The smallest absolute Gasteiger partial charge is 0.475 e. The first-order valence-electron chi connectivity index (χ1n) is 13.2. The molecule has 4 aromatic rings. The van der Waals surface area contributed by atoms with Gasteiger partial charge >= 0.3 is 12.1 Å². The van der Waals surface area contributed by atoms with E-state index in [2.05, 4.69) is 78.6 Å². The van der Waals surface area contributed by atoms with Crippen LogP contribution in [0.4, 0.5) is 24.8 Å². The third-order valence-corrected chi connectivity index (χ3v) is 6.94. The van der Waals surface area contributed by atoms with E-state index in [0.29, 0.717) is 11.5 Å². The van der Waals surface area contributed by atoms with Crippen LogP contribution in [0.5, 0.6) is 0 Å². The number of carboxylic acid groups (broad SMARTS) is 1. The Morgan fingerprint density at radius 3 is 2.05 bits per heavy atom. The number of nitrogens with one attached hydrogen (secondary N) is 1. The van der Waals surface area contributed by atoms with Gasteiger partial charge in [-0.15, -0.1) is 10.2 Å². The van der Waals surface area contributed by atoms with Crippen molar-refractivity contribution in [3.8, 4) is 11.1 Å². The molecule has 1 aromatic heterocycles. The lowest BCUT2D eigenvalue weighted by molar-refractivity contribution is -0.192. The summed E-state index contributed by atoms with van der Waals surface area (Å²) >= 11 is 0. The molecule has 0 atom stereocenters. The van der Waals surface area contributed by atoms with Gasteiger partial charge in [-0.25, -0.2) is 9.78 Å². The highest BCUT2D eigenvalue weighted by Gasteiger charge is 2.38. The third kappa shape index (κ3) is 7.19. The number of hydrogen-bond acceptors (Lipinski definition) is 7. The van der Waals surface area contributed by atoms with E-state index in [-0.39, 0.29) is 5.91 Å². The summed E-state index contributed by atoms with van der Waals surface area (Å²) in [6.07, 6.45) is -5.08. The van der Waals surface area contributed by atoms with Gasteiger partial charge in [0, 0.05) is 37.4 Å². The number of halogens is 3. The fourth-order valence-electron chi connectivity index (χ4n) is 4.70. The van der Waals surface area contributed by atoms with E-state index in [1.54, 1.807) is 0 Å². The number of anilines is 2. The van der Waals surface area contributed by atoms with E-state index in [1.165, 1.54) is 16.7 Å². The average molecular weight is 581 g/mol. The molecule has 5 rings (SSSR count). The molecule has 12 heteroatoms. The Morgan fingerprint density at radius 2 is 1.48 bits per heavy atom. The molecule has 220 valence electrons. The minimum Gasteiger partial charge on any atom is -0.475 e. The van der Waals surface area contributed by atoms with Crippen molar-refractivity contribution in [3.63, 3.8) is 0 Å². The monoisotopic (exact) mass is 580 g/mol. The van der Waals surface area contributed by atoms with Gasteiger partial charge in [0.15, 0.2) is 0 Å². The lowest BCUT2D eigenvalue weighted by atomic mass is 9.94. The fraction of sp³-hybridized carbons (Fsp3) is 0.300. The molecule has 0 unspecified atom stereocenters. The fourth-order valence-corrected chi connectivity index (χ4v) is 4.70. The molecule has 1 amide bonds. The number of aliphatic carboxylic acids is 1. The first-order chi connectivity index (χ1) is 19.8. The second kappa shape index (κ2) is 12.5. The largest absolute Gasteiger partial charge is 0.490 e. The first kappa shape index (κ1) is 30.4. The molecule has 1 saturated heterocycles. The van der Waals surface area contributed by atoms with E-state index >= 15 is 0 Å². The number of carbonyl (C=O) groups is 2. The zero-order chi connectivity index (χ0) is 30.6. The normalized spacial score (nSPS) is 13.8. The molecular formula is C30H31F3N6O3. The number of carboxylic acids is 1. The quantitative estimate of drug-likeness (QED) is 0.331. The van der Waals surface area contributed by atoms with Crippen LogP contribution in [0.25, 0.3) is 22.2 Å². The van der Waals surface area contributed by atoms with Crippen molar-refractivity contribution in [1.82, 2.24) is 25.0 Å². The van der Waals surface area contributed by atoms with Gasteiger partial charge < -0.3 is 20.2 Å². The molecular weight excluding hydrogens is 549 g/mol. The number of hydrogen-bond donors (Lipinski definition) is 2. The van der Waals surface area contributed by atoms with E-state index in [0.717, 1.165) is 54.0 Å². The minimum atomic E-state index is -5.08. The Kier molecular flexibility index (Phi) is 9.05. The zero-order valence-electron chi connectivity index (χ0n) is 23.7. The summed E-state index contributed by atoms with van der Waals surface area (Å²) in [5.74, 6) is -2.25. The molecule has 42 heavy (non-hydrogen) atoms. The number of aromatic nitrogens is 3. The predicted molar refractivity (Wildman–Crippen MR) is 154 cm³/mol. The van der Waals surface area contributed by atoms with Crippen molar-refractivity contribution in [2.75, 3.05) is 38.5 Å². The molecule has 0 aliphatic carbocycles. The van der Waals surface area contributed by atoms with Gasteiger partial charge in [-0.1, -0.05) is 18.2 Å². The number of amides is 1. The van der Waals surface area contributed by atoms with Crippen molar-refractivity contribution >= 4 is 34.5 Å². The molecule has 3 aromatic carbocycles. The maximum absolute atomic E-state index is 12.8. The Bertz CT molecular complexity index is 1580. The third-order valence-electron chi connectivity index (χ3n) is 6.94. The number of piperazine rings is 1. The maximum Gasteiger partial charge on any atom is 0.490 e. The van der Waals surface area contributed by atoms with Gasteiger partial charge in [0.1, 0.15) is 5.52 Å². The number of carbonyl (C=O) groups excluding carboxylic acids is 1. The molecule has 0 spiro atoms. The van der Waals surface area contributed by atoms with Crippen molar-refractivity contribution in [3.05, 3.63) is 76.9 Å². The van der Waals surface area contributed by atoms with Crippen LogP contribution in [0.2, 0.25) is 0 Å². The molecule has 2 heterocycles. The standard InChI is InChI=1S/C28H30N6O.C2HF3O2/c1-18-6-5-7-19(2)25(18)22-16-20(3)26-24(17-22)31-32-28(30-26)29-23-10-8-21(9-11-23)27(35)34-14-12-33(4)13-15-34;3-2(4,5)1(6)7/h5-11,16-17H,12-15H2,1-4H3,(H,29,30,32);(H,6,7). The number of likely N-dealkylation sites (N-methyl/N-ethyl adjacent to an activating group) is 1. The predicted octanol–water partition coefficient (Wildman–Crippen LogP) is 5.38. The van der Waals surface area contributed by atoms with Crippen LogP contribution in [0.1, 0.15) is 27.0 Å². The van der Waals surface area contributed by atoms with Gasteiger partial charge in [0.05, 0.1) is 5.52 Å². The number of benzene rings is 3. The van der Waals surface area contributed by atoms with Gasteiger partial charge in [-0.2, -0.15) is 13.2 Å². The Balaban J connectivity index is 0.000000517. The van der Waals surface area contributed by atoms with Crippen LogP contribution in [0.3, 0.4) is 0 Å². The Hall–Kier alpha value is -4.58.